The molecule has 0 unspecified atom stereocenters. The minimum absolute atomic E-state index is 0.0432. The lowest BCUT2D eigenvalue weighted by molar-refractivity contribution is -0.156. The number of allylic oxidation sites excluding steroid dienone is 1. The molecule has 0 heterocycles. The Balaban J connectivity index is 0.00000163. The molecule has 0 aromatic heterocycles. The van der Waals surface area contributed by atoms with E-state index in [1.807, 2.05) is 27.7 Å². The fraction of sp³-hybridized carbons (Fsp3) is 0.850. The molecule has 6 heteroatoms. The zero-order valence-electron chi connectivity index (χ0n) is 16.9. The highest BCUT2D eigenvalue weighted by Gasteiger charge is 2.53. The molecule has 0 aromatic carbocycles. The van der Waals surface area contributed by atoms with E-state index < -0.39 is 11.3 Å². The summed E-state index contributed by atoms with van der Waals surface area (Å²) < 4.78 is 38.6. The van der Waals surface area contributed by atoms with Gasteiger partial charge in [-0.3, -0.25) is 4.79 Å². The summed E-state index contributed by atoms with van der Waals surface area (Å²) in [5.74, 6) is -3.13. The van der Waals surface area contributed by atoms with Gasteiger partial charge in [-0.2, -0.15) is 0 Å². The molecule has 0 bridgehead atoms. The molecule has 1 saturated carbocycles. The first-order valence-corrected chi connectivity index (χ1v) is 9.92. The molecular weight excluding hydrogens is 340 g/mol. The Kier molecular flexibility index (Phi) is 9.01. The van der Waals surface area contributed by atoms with Crippen molar-refractivity contribution in [3.63, 3.8) is 0 Å². The standard InChI is InChI=1S/C18H29F2NO3.C2H6/c1-4-13(24-5-2)12-21-15-7-10-18(19,20)11-14(15)17(8-6-9-17)16(22)23-3;1-2/h13,21H,4-12H2,1-3H3;1-2H3/t13-;/m0./s1. The first kappa shape index (κ1) is 22.9. The second kappa shape index (κ2) is 10.2. The SMILES string of the molecule is CC.CCO[C@@H](CC)CNC1=C(C2(C(=O)OC)CCC2)CC(F)(F)CC1. The summed E-state index contributed by atoms with van der Waals surface area (Å²) in [5, 5.41) is 3.31. The van der Waals surface area contributed by atoms with E-state index in [1.54, 1.807) is 0 Å². The van der Waals surface area contributed by atoms with E-state index in [0.717, 1.165) is 18.5 Å². The molecule has 1 N–H and O–H groups in total. The minimum Gasteiger partial charge on any atom is -0.468 e. The molecule has 2 rings (SSSR count). The summed E-state index contributed by atoms with van der Waals surface area (Å²) in [6.07, 6.45) is 2.69. The third-order valence-electron chi connectivity index (χ3n) is 5.30. The van der Waals surface area contributed by atoms with Gasteiger partial charge in [0.2, 0.25) is 0 Å². The van der Waals surface area contributed by atoms with E-state index >= 15 is 0 Å². The molecule has 0 radical (unpaired) electrons. The van der Waals surface area contributed by atoms with Crippen LogP contribution in [0.5, 0.6) is 0 Å². The number of rotatable bonds is 8. The summed E-state index contributed by atoms with van der Waals surface area (Å²) in [4.78, 5) is 12.3. The van der Waals surface area contributed by atoms with Crippen molar-refractivity contribution in [1.29, 1.82) is 0 Å². The third-order valence-corrected chi connectivity index (χ3v) is 5.30. The van der Waals surface area contributed by atoms with Gasteiger partial charge in [0, 0.05) is 31.7 Å². The van der Waals surface area contributed by atoms with Crippen LogP contribution in [0.3, 0.4) is 0 Å². The van der Waals surface area contributed by atoms with E-state index in [1.165, 1.54) is 7.11 Å². The number of hydrogen-bond donors (Lipinski definition) is 1. The Bertz CT molecular complexity index is 487. The van der Waals surface area contributed by atoms with Crippen LogP contribution in [0, 0.1) is 5.41 Å². The Morgan fingerprint density at radius 2 is 1.88 bits per heavy atom. The number of carbonyl (C=O) groups is 1. The van der Waals surface area contributed by atoms with E-state index in [0.29, 0.717) is 31.6 Å². The molecule has 0 spiro atoms. The van der Waals surface area contributed by atoms with Crippen molar-refractivity contribution in [2.75, 3.05) is 20.3 Å². The molecule has 0 saturated heterocycles. The summed E-state index contributed by atoms with van der Waals surface area (Å²) in [6, 6.07) is 0. The van der Waals surface area contributed by atoms with Gasteiger partial charge in [0.1, 0.15) is 0 Å². The minimum atomic E-state index is -2.75. The number of hydrogen-bond acceptors (Lipinski definition) is 4. The molecule has 26 heavy (non-hydrogen) atoms. The van der Waals surface area contributed by atoms with Crippen molar-refractivity contribution in [3.8, 4) is 0 Å². The molecule has 2 aliphatic rings. The number of ether oxygens (including phenoxy) is 2. The summed E-state index contributed by atoms with van der Waals surface area (Å²) in [6.45, 7) is 9.17. The number of nitrogens with one attached hydrogen (secondary N) is 1. The van der Waals surface area contributed by atoms with Crippen LogP contribution in [0.15, 0.2) is 11.3 Å². The van der Waals surface area contributed by atoms with Crippen LogP contribution in [0.2, 0.25) is 0 Å². The van der Waals surface area contributed by atoms with Gasteiger partial charge in [-0.05, 0) is 38.2 Å². The second-order valence-electron chi connectivity index (χ2n) is 6.78. The first-order valence-electron chi connectivity index (χ1n) is 9.92. The average molecular weight is 376 g/mol. The molecule has 0 amide bonds. The topological polar surface area (TPSA) is 47.6 Å². The van der Waals surface area contributed by atoms with Crippen LogP contribution in [0.1, 0.15) is 72.6 Å². The maximum atomic E-state index is 14.0. The van der Waals surface area contributed by atoms with Gasteiger partial charge < -0.3 is 14.8 Å². The molecule has 4 nitrogen and oxygen atoms in total. The monoisotopic (exact) mass is 375 g/mol. The van der Waals surface area contributed by atoms with Gasteiger partial charge in [-0.15, -0.1) is 0 Å². The Morgan fingerprint density at radius 1 is 1.23 bits per heavy atom. The van der Waals surface area contributed by atoms with Gasteiger partial charge in [0.15, 0.2) is 0 Å². The lowest BCUT2D eigenvalue weighted by Gasteiger charge is -2.45. The first-order chi connectivity index (χ1) is 12.4. The summed E-state index contributed by atoms with van der Waals surface area (Å²) in [5.41, 5.74) is 0.501. The maximum absolute atomic E-state index is 14.0. The highest BCUT2D eigenvalue weighted by molar-refractivity contribution is 5.82. The van der Waals surface area contributed by atoms with E-state index in [2.05, 4.69) is 5.32 Å². The number of esters is 1. The van der Waals surface area contributed by atoms with Crippen LogP contribution in [-0.4, -0.2) is 38.3 Å². The Labute approximate surface area is 156 Å². The zero-order chi connectivity index (χ0) is 19.8. The predicted molar refractivity (Wildman–Crippen MR) is 99.2 cm³/mol. The fourth-order valence-electron chi connectivity index (χ4n) is 3.71. The normalized spacial score (nSPS) is 21.8. The van der Waals surface area contributed by atoms with E-state index in [9.17, 15) is 13.6 Å². The smallest absolute Gasteiger partial charge is 0.316 e. The Morgan fingerprint density at radius 3 is 2.35 bits per heavy atom. The zero-order valence-corrected chi connectivity index (χ0v) is 16.9. The van der Waals surface area contributed by atoms with Crippen molar-refractivity contribution < 1.29 is 23.0 Å². The van der Waals surface area contributed by atoms with Crippen LogP contribution in [0.4, 0.5) is 8.78 Å². The highest BCUT2D eigenvalue weighted by atomic mass is 19.3. The van der Waals surface area contributed by atoms with Crippen molar-refractivity contribution in [2.45, 2.75) is 84.7 Å². The average Bonchev–Trinajstić information content (AvgIpc) is 2.60. The third kappa shape index (κ3) is 5.18. The van der Waals surface area contributed by atoms with E-state index in [-0.39, 0.29) is 31.3 Å². The van der Waals surface area contributed by atoms with Crippen LogP contribution < -0.4 is 5.32 Å². The molecule has 1 atom stereocenters. The highest BCUT2D eigenvalue weighted by Crippen LogP contribution is 2.54. The molecule has 0 aliphatic heterocycles. The van der Waals surface area contributed by atoms with Gasteiger partial charge in [0.05, 0.1) is 18.6 Å². The van der Waals surface area contributed by atoms with Gasteiger partial charge in [-0.25, -0.2) is 8.78 Å². The number of alkyl halides is 2. The molecular formula is C20H35F2NO3. The summed E-state index contributed by atoms with van der Waals surface area (Å²) in [7, 11) is 1.33. The van der Waals surface area contributed by atoms with Gasteiger partial charge >= 0.3 is 5.97 Å². The van der Waals surface area contributed by atoms with Crippen molar-refractivity contribution in [3.05, 3.63) is 11.3 Å². The van der Waals surface area contributed by atoms with Gasteiger partial charge in [0.25, 0.3) is 5.92 Å². The van der Waals surface area contributed by atoms with Crippen molar-refractivity contribution in [1.82, 2.24) is 5.32 Å². The summed E-state index contributed by atoms with van der Waals surface area (Å²) >= 11 is 0. The molecule has 152 valence electrons. The van der Waals surface area contributed by atoms with Crippen LogP contribution in [-0.2, 0) is 14.3 Å². The van der Waals surface area contributed by atoms with Crippen LogP contribution in [0.25, 0.3) is 0 Å². The Hall–Kier alpha value is -1.17. The molecule has 2 aliphatic carbocycles. The maximum Gasteiger partial charge on any atom is 0.316 e. The van der Waals surface area contributed by atoms with Gasteiger partial charge in [-0.1, -0.05) is 27.2 Å². The van der Waals surface area contributed by atoms with Crippen LogP contribution >= 0.6 is 0 Å². The predicted octanol–water partition coefficient (Wildman–Crippen LogP) is 4.83. The second-order valence-corrected chi connectivity index (χ2v) is 6.78. The van der Waals surface area contributed by atoms with Crippen molar-refractivity contribution in [2.24, 2.45) is 5.41 Å². The largest absolute Gasteiger partial charge is 0.468 e. The quantitative estimate of drug-likeness (QED) is 0.617. The van der Waals surface area contributed by atoms with E-state index in [4.69, 9.17) is 9.47 Å². The number of halogens is 2. The number of carbonyl (C=O) groups excluding carboxylic acids is 1. The van der Waals surface area contributed by atoms with Crippen molar-refractivity contribution >= 4 is 5.97 Å². The lowest BCUT2D eigenvalue weighted by Crippen LogP contribution is -2.46. The fourth-order valence-corrected chi connectivity index (χ4v) is 3.71. The number of methoxy groups -OCH3 is 1. The lowest BCUT2D eigenvalue weighted by atomic mass is 9.61. The molecule has 0 aromatic rings. The molecule has 1 fully saturated rings.